The highest BCUT2D eigenvalue weighted by atomic mass is 16.5. The van der Waals surface area contributed by atoms with E-state index in [-0.39, 0.29) is 17.7 Å². The smallest absolute Gasteiger partial charge is 0.350 e. The number of anilines is 1. The summed E-state index contributed by atoms with van der Waals surface area (Å²) in [5, 5.41) is 12.9. The van der Waals surface area contributed by atoms with E-state index in [1.54, 1.807) is 37.3 Å². The van der Waals surface area contributed by atoms with Crippen LogP contribution in [-0.4, -0.2) is 17.6 Å². The Hall–Kier alpha value is -3.07. The van der Waals surface area contributed by atoms with Crippen LogP contribution in [0.5, 0.6) is 0 Å². The summed E-state index contributed by atoms with van der Waals surface area (Å²) < 4.78 is 4.74. The number of pyridine rings is 1. The molecule has 0 saturated carbocycles. The Bertz CT molecular complexity index is 800. The predicted octanol–water partition coefficient (Wildman–Crippen LogP) is 1.91. The van der Waals surface area contributed by atoms with Crippen LogP contribution in [0.15, 0.2) is 46.9 Å². The average molecular weight is 283 g/mol. The summed E-state index contributed by atoms with van der Waals surface area (Å²) in [6.45, 7) is 1.84. The first-order valence-corrected chi connectivity index (χ1v) is 6.31. The molecular formula is C15H13N3O3. The lowest BCUT2D eigenvalue weighted by Crippen LogP contribution is -2.11. The van der Waals surface area contributed by atoms with Gasteiger partial charge in [0.05, 0.1) is 6.61 Å². The van der Waals surface area contributed by atoms with Crippen molar-refractivity contribution in [3.05, 3.63) is 52.5 Å². The third-order valence-electron chi connectivity index (χ3n) is 2.74. The molecule has 6 heteroatoms. The average Bonchev–Trinajstić information content (AvgIpc) is 2.48. The number of carbonyl (C=O) groups is 1. The van der Waals surface area contributed by atoms with Crippen molar-refractivity contribution in [1.29, 1.82) is 5.26 Å². The maximum absolute atomic E-state index is 11.9. The van der Waals surface area contributed by atoms with Gasteiger partial charge in [-0.3, -0.25) is 4.79 Å². The second-order valence-corrected chi connectivity index (χ2v) is 4.13. The fraction of sp³-hybridized carbons (Fsp3) is 0.133. The van der Waals surface area contributed by atoms with E-state index in [1.807, 2.05) is 6.07 Å². The quantitative estimate of drug-likeness (QED) is 0.507. The molecule has 0 radical (unpaired) electrons. The molecule has 1 aromatic carbocycles. The van der Waals surface area contributed by atoms with Gasteiger partial charge in [0.25, 0.3) is 5.56 Å². The fourth-order valence-corrected chi connectivity index (χ4v) is 1.78. The van der Waals surface area contributed by atoms with Crippen LogP contribution in [0.4, 0.5) is 5.82 Å². The maximum atomic E-state index is 11.9. The Kier molecular flexibility index (Phi) is 4.36. The van der Waals surface area contributed by atoms with Gasteiger partial charge >= 0.3 is 5.97 Å². The van der Waals surface area contributed by atoms with Crippen molar-refractivity contribution in [2.45, 2.75) is 6.92 Å². The summed E-state index contributed by atoms with van der Waals surface area (Å²) in [6, 6.07) is 10.6. The summed E-state index contributed by atoms with van der Waals surface area (Å²) in [5.74, 6) is -0.327. The van der Waals surface area contributed by atoms with Crippen LogP contribution in [0, 0.1) is 11.3 Å². The van der Waals surface area contributed by atoms with E-state index in [1.165, 1.54) is 6.20 Å². The zero-order chi connectivity index (χ0) is 15.2. The number of carbonyl (C=O) groups excluding carboxylic acids is 1. The van der Waals surface area contributed by atoms with Crippen molar-refractivity contribution < 1.29 is 9.53 Å². The summed E-state index contributed by atoms with van der Waals surface area (Å²) in [6.07, 6.45) is 1.21. The number of aromatic amines is 1. The largest absolute Gasteiger partial charge is 0.462 e. The lowest BCUT2D eigenvalue weighted by Gasteiger charge is -2.04. The van der Waals surface area contributed by atoms with E-state index in [0.29, 0.717) is 11.2 Å². The summed E-state index contributed by atoms with van der Waals surface area (Å²) in [7, 11) is 0. The van der Waals surface area contributed by atoms with Crippen LogP contribution in [-0.2, 0) is 9.53 Å². The molecule has 2 N–H and O–H groups in total. The molecule has 0 bridgehead atoms. The van der Waals surface area contributed by atoms with E-state index >= 15 is 0 Å². The number of aromatic nitrogens is 1. The van der Waals surface area contributed by atoms with Gasteiger partial charge in [0.15, 0.2) is 5.57 Å². The highest BCUT2D eigenvalue weighted by Gasteiger charge is 2.09. The van der Waals surface area contributed by atoms with E-state index in [9.17, 15) is 9.59 Å². The molecule has 0 aliphatic carbocycles. The highest BCUT2D eigenvalue weighted by molar-refractivity contribution is 5.93. The van der Waals surface area contributed by atoms with Gasteiger partial charge in [-0.25, -0.2) is 4.79 Å². The molecule has 1 heterocycles. The van der Waals surface area contributed by atoms with Crippen molar-refractivity contribution in [3.8, 4) is 6.07 Å². The van der Waals surface area contributed by atoms with E-state index in [2.05, 4.69) is 10.3 Å². The molecule has 0 atom stereocenters. The van der Waals surface area contributed by atoms with E-state index in [0.717, 1.165) is 5.39 Å². The molecule has 0 amide bonds. The number of rotatable bonds is 4. The third-order valence-corrected chi connectivity index (χ3v) is 2.74. The van der Waals surface area contributed by atoms with Crippen molar-refractivity contribution in [2.24, 2.45) is 0 Å². The van der Waals surface area contributed by atoms with Gasteiger partial charge < -0.3 is 15.0 Å². The van der Waals surface area contributed by atoms with Crippen LogP contribution in [0.1, 0.15) is 6.92 Å². The number of hydrogen-bond acceptors (Lipinski definition) is 5. The zero-order valence-corrected chi connectivity index (χ0v) is 11.3. The molecule has 2 aromatic rings. The third kappa shape index (κ3) is 3.28. The first kappa shape index (κ1) is 14.3. The Morgan fingerprint density at radius 1 is 1.48 bits per heavy atom. The number of fused-ring (bicyclic) bond motifs is 1. The topological polar surface area (TPSA) is 95.0 Å². The summed E-state index contributed by atoms with van der Waals surface area (Å²) in [4.78, 5) is 26.0. The Balaban J connectivity index is 2.30. The van der Waals surface area contributed by atoms with Crippen LogP contribution in [0.3, 0.4) is 0 Å². The fourth-order valence-electron chi connectivity index (χ4n) is 1.78. The molecule has 0 aliphatic heterocycles. The van der Waals surface area contributed by atoms with Gasteiger partial charge in [0.2, 0.25) is 0 Å². The number of ether oxygens (including phenoxy) is 1. The highest BCUT2D eigenvalue weighted by Crippen LogP contribution is 2.13. The summed E-state index contributed by atoms with van der Waals surface area (Å²) in [5.41, 5.74) is -0.426. The number of nitrogens with one attached hydrogen (secondary N) is 2. The molecule has 0 saturated heterocycles. The second-order valence-electron chi connectivity index (χ2n) is 4.13. The first-order chi connectivity index (χ1) is 10.2. The van der Waals surface area contributed by atoms with Crippen LogP contribution < -0.4 is 10.9 Å². The van der Waals surface area contributed by atoms with Crippen molar-refractivity contribution >= 4 is 22.6 Å². The molecule has 1 aromatic heterocycles. The Morgan fingerprint density at radius 2 is 2.24 bits per heavy atom. The molecule has 106 valence electrons. The van der Waals surface area contributed by atoms with Crippen molar-refractivity contribution in [1.82, 2.24) is 4.98 Å². The minimum absolute atomic E-state index is 0.175. The molecule has 0 spiro atoms. The van der Waals surface area contributed by atoms with Crippen molar-refractivity contribution in [2.75, 3.05) is 11.9 Å². The maximum Gasteiger partial charge on any atom is 0.350 e. The standard InChI is InChI=1S/C15H13N3O3/c1-2-21-15(20)11(8-16)9-17-13-7-10-5-3-4-6-12(10)14(19)18-13/h3-7,9H,2H2,1H3,(H2,17,18,19)/b11-9+. The molecule has 0 fully saturated rings. The predicted molar refractivity (Wildman–Crippen MR) is 78.5 cm³/mol. The number of benzene rings is 1. The lowest BCUT2D eigenvalue weighted by molar-refractivity contribution is -0.138. The number of nitriles is 1. The van der Waals surface area contributed by atoms with Gasteiger partial charge in [-0.05, 0) is 24.4 Å². The molecule has 21 heavy (non-hydrogen) atoms. The van der Waals surface area contributed by atoms with Crippen LogP contribution >= 0.6 is 0 Å². The Morgan fingerprint density at radius 3 is 2.95 bits per heavy atom. The molecule has 0 aliphatic rings. The molecular weight excluding hydrogens is 270 g/mol. The van der Waals surface area contributed by atoms with Gasteiger partial charge in [-0.15, -0.1) is 0 Å². The minimum Gasteiger partial charge on any atom is -0.462 e. The van der Waals surface area contributed by atoms with E-state index < -0.39 is 5.97 Å². The Labute approximate surface area is 120 Å². The van der Waals surface area contributed by atoms with Gasteiger partial charge in [0, 0.05) is 11.6 Å². The minimum atomic E-state index is -0.712. The normalized spacial score (nSPS) is 11.0. The van der Waals surface area contributed by atoms with Gasteiger partial charge in [-0.2, -0.15) is 5.26 Å². The zero-order valence-electron chi connectivity index (χ0n) is 11.3. The van der Waals surface area contributed by atoms with E-state index in [4.69, 9.17) is 10.00 Å². The van der Waals surface area contributed by atoms with Crippen LogP contribution in [0.2, 0.25) is 0 Å². The van der Waals surface area contributed by atoms with Gasteiger partial charge in [0.1, 0.15) is 11.9 Å². The van der Waals surface area contributed by atoms with Gasteiger partial charge in [-0.1, -0.05) is 18.2 Å². The second kappa shape index (κ2) is 6.39. The molecule has 6 nitrogen and oxygen atoms in total. The van der Waals surface area contributed by atoms with Crippen molar-refractivity contribution in [3.63, 3.8) is 0 Å². The monoisotopic (exact) mass is 283 g/mol. The number of nitrogens with zero attached hydrogens (tertiary/aromatic N) is 1. The lowest BCUT2D eigenvalue weighted by atomic mass is 10.2. The summed E-state index contributed by atoms with van der Waals surface area (Å²) >= 11 is 0. The first-order valence-electron chi connectivity index (χ1n) is 6.31. The molecule has 2 rings (SSSR count). The van der Waals surface area contributed by atoms with Crippen LogP contribution in [0.25, 0.3) is 10.8 Å². The number of esters is 1. The number of hydrogen-bond donors (Lipinski definition) is 2. The SMILES string of the molecule is CCOC(=O)/C(C#N)=C/Nc1cc2ccccc2c(=O)[nH]1. The number of H-pyrrole nitrogens is 1. The molecule has 0 unspecified atom stereocenters.